The Kier molecular flexibility index (Phi) is 8.37. The van der Waals surface area contributed by atoms with Crippen molar-refractivity contribution in [1.29, 1.82) is 0 Å². The monoisotopic (exact) mass is 519 g/mol. The Hall–Kier alpha value is -3.84. The van der Waals surface area contributed by atoms with Crippen LogP contribution in [0.4, 0.5) is 4.39 Å². The van der Waals surface area contributed by atoms with Crippen molar-refractivity contribution in [2.45, 2.75) is 39.5 Å². The number of aromatic nitrogens is 3. The van der Waals surface area contributed by atoms with Crippen molar-refractivity contribution >= 4 is 23.0 Å². The second kappa shape index (κ2) is 11.3. The van der Waals surface area contributed by atoms with Gasteiger partial charge in [-0.15, -0.1) is 11.3 Å². The van der Waals surface area contributed by atoms with Crippen LogP contribution in [0.15, 0.2) is 50.0 Å². The first-order chi connectivity index (χ1) is 17.0. The van der Waals surface area contributed by atoms with E-state index in [1.54, 1.807) is 13.8 Å². The molecule has 0 bridgehead atoms. The molecule has 1 atom stereocenters. The minimum absolute atomic E-state index is 0.0452. The van der Waals surface area contributed by atoms with Crippen LogP contribution in [0, 0.1) is 5.82 Å². The maximum Gasteiger partial charge on any atom is 0.350 e. The fourth-order valence-electron chi connectivity index (χ4n) is 3.29. The first kappa shape index (κ1) is 26.8. The van der Waals surface area contributed by atoms with Crippen molar-refractivity contribution in [2.24, 2.45) is 5.16 Å². The van der Waals surface area contributed by atoms with Gasteiger partial charge in [-0.05, 0) is 39.0 Å². The maximum atomic E-state index is 13.9. The number of nitrogens with zero attached hydrogens (tertiary/aromatic N) is 5. The van der Waals surface area contributed by atoms with Crippen LogP contribution in [0.3, 0.4) is 0 Å². The second-order valence-electron chi connectivity index (χ2n) is 8.03. The van der Waals surface area contributed by atoms with E-state index in [1.807, 2.05) is 0 Å². The van der Waals surface area contributed by atoms with Crippen molar-refractivity contribution < 1.29 is 23.9 Å². The van der Waals surface area contributed by atoms with Crippen molar-refractivity contribution in [3.05, 3.63) is 78.8 Å². The number of carbonyl (C=O) groups is 1. The normalized spacial score (nSPS) is 12.5. The Morgan fingerprint density at radius 3 is 2.67 bits per heavy atom. The van der Waals surface area contributed by atoms with Gasteiger partial charge in [-0.25, -0.2) is 19.2 Å². The number of hydrogen-bond donors (Lipinski definition) is 1. The highest BCUT2D eigenvalue weighted by atomic mass is 32.1. The number of aliphatic hydroxyl groups excluding tert-OH is 1. The van der Waals surface area contributed by atoms with E-state index in [1.165, 1.54) is 61.6 Å². The standard InChI is InChI=1S/C23H26FN5O6S/c1-13(2)35-26-14(3)17-9-28(10-19(30)16-8-15(24)6-7-20(16)34-5)23(33)29(21(17)31)27(4)22(32)18-11-36-12-25-18/h6-9,11-13,19,30H,10H2,1-5H3. The summed E-state index contributed by atoms with van der Waals surface area (Å²) < 4.78 is 20.7. The summed E-state index contributed by atoms with van der Waals surface area (Å²) in [5, 5.41) is 17.1. The van der Waals surface area contributed by atoms with Gasteiger partial charge < -0.3 is 14.7 Å². The van der Waals surface area contributed by atoms with Crippen LogP contribution in [0.1, 0.15) is 48.5 Å². The van der Waals surface area contributed by atoms with Gasteiger partial charge in [0.05, 0.1) is 30.4 Å². The number of carbonyl (C=O) groups excluding carboxylic acids is 1. The summed E-state index contributed by atoms with van der Waals surface area (Å²) in [6.07, 6.45) is -0.458. The lowest BCUT2D eigenvalue weighted by molar-refractivity contribution is 0.0859. The van der Waals surface area contributed by atoms with Crippen molar-refractivity contribution in [2.75, 3.05) is 19.2 Å². The molecule has 0 spiro atoms. The van der Waals surface area contributed by atoms with Crippen LogP contribution in [0.5, 0.6) is 5.75 Å². The lowest BCUT2D eigenvalue weighted by atomic mass is 10.1. The molecule has 2 heterocycles. The molecule has 1 unspecified atom stereocenters. The summed E-state index contributed by atoms with van der Waals surface area (Å²) in [5.74, 6) is -1.09. The number of oxime groups is 1. The van der Waals surface area contributed by atoms with Crippen molar-refractivity contribution in [3.63, 3.8) is 0 Å². The molecule has 36 heavy (non-hydrogen) atoms. The first-order valence-electron chi connectivity index (χ1n) is 10.8. The number of amides is 1. The van der Waals surface area contributed by atoms with Gasteiger partial charge in [0.2, 0.25) is 0 Å². The SMILES string of the molecule is COc1ccc(F)cc1C(O)Cn1cc(C(C)=NOC(C)C)c(=O)n(N(C)C(=O)c2cscn2)c1=O. The van der Waals surface area contributed by atoms with E-state index in [2.05, 4.69) is 10.1 Å². The van der Waals surface area contributed by atoms with Crippen LogP contribution < -0.4 is 21.0 Å². The van der Waals surface area contributed by atoms with Gasteiger partial charge in [0, 0.05) is 24.2 Å². The first-order valence-corrected chi connectivity index (χ1v) is 11.7. The molecule has 192 valence electrons. The molecule has 0 radical (unpaired) electrons. The second-order valence-corrected chi connectivity index (χ2v) is 8.75. The minimum atomic E-state index is -1.39. The summed E-state index contributed by atoms with van der Waals surface area (Å²) in [4.78, 5) is 48.7. The fourth-order valence-corrected chi connectivity index (χ4v) is 3.82. The smallest absolute Gasteiger partial charge is 0.350 e. The number of ether oxygens (including phenoxy) is 1. The van der Waals surface area contributed by atoms with Gasteiger partial charge in [0.25, 0.3) is 11.5 Å². The van der Waals surface area contributed by atoms with E-state index < -0.39 is 29.1 Å². The van der Waals surface area contributed by atoms with E-state index in [0.717, 1.165) is 15.6 Å². The van der Waals surface area contributed by atoms with Crippen LogP contribution in [0.2, 0.25) is 0 Å². The Morgan fingerprint density at radius 1 is 1.33 bits per heavy atom. The zero-order valence-electron chi connectivity index (χ0n) is 20.3. The largest absolute Gasteiger partial charge is 0.496 e. The zero-order chi connectivity index (χ0) is 26.6. The lowest BCUT2D eigenvalue weighted by Crippen LogP contribution is -2.54. The van der Waals surface area contributed by atoms with Gasteiger partial charge in [0.1, 0.15) is 29.5 Å². The highest BCUT2D eigenvalue weighted by molar-refractivity contribution is 7.07. The fraction of sp³-hybridized carbons (Fsp3) is 0.348. The lowest BCUT2D eigenvalue weighted by Gasteiger charge is -2.22. The summed E-state index contributed by atoms with van der Waals surface area (Å²) in [5.41, 5.74) is -0.0555. The predicted molar refractivity (Wildman–Crippen MR) is 132 cm³/mol. The molecule has 2 aromatic heterocycles. The molecule has 0 aliphatic heterocycles. The van der Waals surface area contributed by atoms with Crippen LogP contribution in [0.25, 0.3) is 0 Å². The molecular weight excluding hydrogens is 493 g/mol. The average Bonchev–Trinajstić information content (AvgIpc) is 3.38. The third kappa shape index (κ3) is 5.69. The quantitative estimate of drug-likeness (QED) is 0.338. The van der Waals surface area contributed by atoms with Crippen LogP contribution in [-0.4, -0.2) is 51.2 Å². The van der Waals surface area contributed by atoms with E-state index in [9.17, 15) is 23.9 Å². The maximum absolute atomic E-state index is 13.9. The molecule has 13 heteroatoms. The Balaban J connectivity index is 2.15. The van der Waals surface area contributed by atoms with E-state index in [-0.39, 0.29) is 40.9 Å². The molecule has 3 aromatic rings. The number of benzene rings is 1. The molecule has 0 saturated heterocycles. The summed E-state index contributed by atoms with van der Waals surface area (Å²) in [6, 6.07) is 3.61. The van der Waals surface area contributed by atoms with Crippen LogP contribution in [-0.2, 0) is 11.4 Å². The Labute approximate surface area is 209 Å². The molecule has 0 saturated carbocycles. The summed E-state index contributed by atoms with van der Waals surface area (Å²) in [6.45, 7) is 4.62. The topological polar surface area (TPSA) is 128 Å². The molecule has 3 rings (SSSR count). The van der Waals surface area contributed by atoms with Gasteiger partial charge in [-0.1, -0.05) is 5.16 Å². The highest BCUT2D eigenvalue weighted by Gasteiger charge is 2.24. The predicted octanol–water partition coefficient (Wildman–Crippen LogP) is 1.90. The third-order valence-electron chi connectivity index (χ3n) is 5.09. The Bertz CT molecular complexity index is 1380. The third-order valence-corrected chi connectivity index (χ3v) is 5.68. The van der Waals surface area contributed by atoms with E-state index >= 15 is 0 Å². The molecule has 11 nitrogen and oxygen atoms in total. The number of rotatable bonds is 9. The summed E-state index contributed by atoms with van der Waals surface area (Å²) in [7, 11) is 2.61. The Morgan fingerprint density at radius 2 is 2.06 bits per heavy atom. The zero-order valence-corrected chi connectivity index (χ0v) is 21.2. The molecule has 1 amide bonds. The van der Waals surface area contributed by atoms with Gasteiger partial charge in [-0.3, -0.25) is 14.2 Å². The van der Waals surface area contributed by atoms with Crippen molar-refractivity contribution in [3.8, 4) is 5.75 Å². The van der Waals surface area contributed by atoms with E-state index in [0.29, 0.717) is 4.68 Å². The molecule has 0 aliphatic carbocycles. The van der Waals surface area contributed by atoms with E-state index in [4.69, 9.17) is 9.57 Å². The highest BCUT2D eigenvalue weighted by Crippen LogP contribution is 2.26. The number of methoxy groups -OCH3 is 1. The molecule has 1 aromatic carbocycles. The average molecular weight is 520 g/mol. The summed E-state index contributed by atoms with van der Waals surface area (Å²) >= 11 is 1.18. The number of aliphatic hydroxyl groups is 1. The molecule has 1 N–H and O–H groups in total. The molecular formula is C23H26FN5O6S. The van der Waals surface area contributed by atoms with Gasteiger partial charge >= 0.3 is 5.69 Å². The van der Waals surface area contributed by atoms with Gasteiger partial charge in [0.15, 0.2) is 0 Å². The molecule has 0 fully saturated rings. The van der Waals surface area contributed by atoms with Crippen LogP contribution >= 0.6 is 11.3 Å². The minimum Gasteiger partial charge on any atom is -0.496 e. The number of thiazole rings is 1. The number of hydrogen-bond acceptors (Lipinski definition) is 9. The van der Waals surface area contributed by atoms with Crippen molar-refractivity contribution in [1.82, 2.24) is 14.2 Å². The van der Waals surface area contributed by atoms with Gasteiger partial charge in [-0.2, -0.15) is 4.68 Å². The number of halogens is 1. The molecule has 0 aliphatic rings.